The fourth-order valence-electron chi connectivity index (χ4n) is 3.64. The quantitative estimate of drug-likeness (QED) is 0.738. The lowest BCUT2D eigenvalue weighted by Gasteiger charge is -2.26. The molecule has 0 aliphatic carbocycles. The first-order valence-electron chi connectivity index (χ1n) is 9.72. The van der Waals surface area contributed by atoms with Gasteiger partial charge in [-0.25, -0.2) is 4.90 Å². The van der Waals surface area contributed by atoms with Crippen LogP contribution in [-0.2, 0) is 4.74 Å². The first kappa shape index (κ1) is 22.0. The van der Waals surface area contributed by atoms with E-state index >= 15 is 0 Å². The molecule has 0 atom stereocenters. The van der Waals surface area contributed by atoms with E-state index in [-0.39, 0.29) is 29.8 Å². The van der Waals surface area contributed by atoms with E-state index in [2.05, 4.69) is 10.2 Å². The zero-order valence-electron chi connectivity index (χ0n) is 16.7. The lowest BCUT2D eigenvalue weighted by Crippen LogP contribution is -2.41. The topological polar surface area (TPSA) is 79.0 Å². The molecule has 2 aromatic carbocycles. The van der Waals surface area contributed by atoms with Gasteiger partial charge >= 0.3 is 0 Å². The molecular formula is C22H24ClN3O4. The summed E-state index contributed by atoms with van der Waals surface area (Å²) in [4.78, 5) is 41.5. The van der Waals surface area contributed by atoms with Crippen molar-refractivity contribution in [1.82, 2.24) is 10.2 Å². The van der Waals surface area contributed by atoms with E-state index in [1.165, 1.54) is 6.07 Å². The van der Waals surface area contributed by atoms with E-state index < -0.39 is 5.91 Å². The first-order valence-corrected chi connectivity index (χ1v) is 9.72. The molecule has 30 heavy (non-hydrogen) atoms. The Morgan fingerprint density at radius 3 is 2.50 bits per heavy atom. The number of halogens is 1. The van der Waals surface area contributed by atoms with Crippen LogP contribution in [0.15, 0.2) is 42.5 Å². The summed E-state index contributed by atoms with van der Waals surface area (Å²) in [5.41, 5.74) is 2.45. The van der Waals surface area contributed by atoms with Gasteiger partial charge in [-0.15, -0.1) is 12.4 Å². The number of nitrogens with one attached hydrogen (secondary N) is 1. The highest BCUT2D eigenvalue weighted by molar-refractivity contribution is 6.34. The Hall–Kier alpha value is -2.74. The molecular weight excluding hydrogens is 406 g/mol. The summed E-state index contributed by atoms with van der Waals surface area (Å²) in [5, 5.41) is 2.88. The minimum Gasteiger partial charge on any atom is -0.379 e. The number of nitrogens with zero attached hydrogens (tertiary/aromatic N) is 2. The standard InChI is InChI=1S/C22H23N3O4.ClH/c1-15-3-2-4-17(13-15)25-21(27)18-6-5-16(14-19(18)22(25)28)20(26)23-7-8-24-9-11-29-12-10-24;/h2-6,13-14H,7-12H2,1H3,(H,23,26);1H. The van der Waals surface area contributed by atoms with Crippen LogP contribution in [0, 0.1) is 6.92 Å². The third-order valence-electron chi connectivity index (χ3n) is 5.23. The van der Waals surface area contributed by atoms with Gasteiger partial charge in [0.15, 0.2) is 0 Å². The average molecular weight is 430 g/mol. The Kier molecular flexibility index (Phi) is 6.87. The minimum absolute atomic E-state index is 0. The summed E-state index contributed by atoms with van der Waals surface area (Å²) in [6, 6.07) is 11.9. The normalized spacial score (nSPS) is 16.2. The van der Waals surface area contributed by atoms with Crippen LogP contribution in [0.4, 0.5) is 5.69 Å². The molecule has 1 N–H and O–H groups in total. The Bertz CT molecular complexity index is 973. The molecule has 3 amide bonds. The van der Waals surface area contributed by atoms with E-state index in [9.17, 15) is 14.4 Å². The number of rotatable bonds is 5. The molecule has 1 fully saturated rings. The third kappa shape index (κ3) is 4.38. The maximum Gasteiger partial charge on any atom is 0.266 e. The van der Waals surface area contributed by atoms with Crippen molar-refractivity contribution in [2.75, 3.05) is 44.3 Å². The molecule has 2 heterocycles. The smallest absolute Gasteiger partial charge is 0.266 e. The molecule has 2 aliphatic rings. The number of amides is 3. The van der Waals surface area contributed by atoms with Crippen LogP contribution in [0.3, 0.4) is 0 Å². The van der Waals surface area contributed by atoms with Crippen LogP contribution in [0.1, 0.15) is 36.6 Å². The number of hydrogen-bond donors (Lipinski definition) is 1. The summed E-state index contributed by atoms with van der Waals surface area (Å²) < 4.78 is 5.31. The maximum atomic E-state index is 12.9. The van der Waals surface area contributed by atoms with Gasteiger partial charge in [-0.05, 0) is 42.8 Å². The molecule has 1 saturated heterocycles. The van der Waals surface area contributed by atoms with E-state index in [4.69, 9.17) is 4.74 Å². The van der Waals surface area contributed by atoms with E-state index in [0.717, 1.165) is 30.1 Å². The maximum absolute atomic E-state index is 12.9. The molecule has 0 spiro atoms. The van der Waals surface area contributed by atoms with Gasteiger partial charge < -0.3 is 10.1 Å². The molecule has 0 unspecified atom stereocenters. The predicted molar refractivity (Wildman–Crippen MR) is 116 cm³/mol. The van der Waals surface area contributed by atoms with Gasteiger partial charge in [0.05, 0.1) is 30.0 Å². The summed E-state index contributed by atoms with van der Waals surface area (Å²) >= 11 is 0. The van der Waals surface area contributed by atoms with Crippen LogP contribution in [0.2, 0.25) is 0 Å². The number of benzene rings is 2. The summed E-state index contributed by atoms with van der Waals surface area (Å²) in [6.07, 6.45) is 0. The van der Waals surface area contributed by atoms with Crippen LogP contribution in [0.25, 0.3) is 0 Å². The largest absolute Gasteiger partial charge is 0.379 e. The van der Waals surface area contributed by atoms with Gasteiger partial charge in [0.2, 0.25) is 0 Å². The second-order valence-corrected chi connectivity index (χ2v) is 7.25. The number of imide groups is 1. The number of morpholine rings is 1. The van der Waals surface area contributed by atoms with Gasteiger partial charge in [-0.1, -0.05) is 12.1 Å². The van der Waals surface area contributed by atoms with Crippen LogP contribution >= 0.6 is 12.4 Å². The Morgan fingerprint density at radius 1 is 1.03 bits per heavy atom. The van der Waals surface area contributed by atoms with Gasteiger partial charge in [-0.3, -0.25) is 19.3 Å². The van der Waals surface area contributed by atoms with E-state index in [1.807, 2.05) is 19.1 Å². The van der Waals surface area contributed by atoms with Crippen LogP contribution in [0.5, 0.6) is 0 Å². The number of carbonyl (C=O) groups excluding carboxylic acids is 3. The Balaban J connectivity index is 0.00000256. The lowest BCUT2D eigenvalue weighted by atomic mass is 10.1. The second kappa shape index (κ2) is 9.38. The monoisotopic (exact) mass is 429 g/mol. The number of aryl methyl sites for hydroxylation is 1. The van der Waals surface area contributed by atoms with Crippen molar-refractivity contribution in [3.05, 3.63) is 64.7 Å². The average Bonchev–Trinajstić information content (AvgIpc) is 2.98. The van der Waals surface area contributed by atoms with E-state index in [0.29, 0.717) is 36.6 Å². The van der Waals surface area contributed by atoms with Gasteiger partial charge in [0, 0.05) is 31.7 Å². The Labute approximate surface area is 181 Å². The molecule has 0 saturated carbocycles. The lowest BCUT2D eigenvalue weighted by molar-refractivity contribution is 0.0383. The molecule has 4 rings (SSSR count). The molecule has 2 aliphatic heterocycles. The molecule has 0 radical (unpaired) electrons. The van der Waals surface area contributed by atoms with Crippen molar-refractivity contribution in [2.24, 2.45) is 0 Å². The predicted octanol–water partition coefficient (Wildman–Crippen LogP) is 2.28. The minimum atomic E-state index is -0.404. The summed E-state index contributed by atoms with van der Waals surface area (Å²) in [5.74, 6) is -1.02. The molecule has 0 bridgehead atoms. The highest BCUT2D eigenvalue weighted by Gasteiger charge is 2.37. The number of hydrogen-bond acceptors (Lipinski definition) is 5. The van der Waals surface area contributed by atoms with Crippen LogP contribution < -0.4 is 10.2 Å². The third-order valence-corrected chi connectivity index (χ3v) is 5.23. The fraction of sp³-hybridized carbons (Fsp3) is 0.318. The number of carbonyl (C=O) groups is 3. The van der Waals surface area contributed by atoms with Crippen molar-refractivity contribution in [3.8, 4) is 0 Å². The number of fused-ring (bicyclic) bond motifs is 1. The molecule has 158 valence electrons. The molecule has 2 aromatic rings. The number of anilines is 1. The highest BCUT2D eigenvalue weighted by atomic mass is 35.5. The summed E-state index contributed by atoms with van der Waals surface area (Å²) in [7, 11) is 0. The zero-order valence-corrected chi connectivity index (χ0v) is 17.5. The molecule has 0 aromatic heterocycles. The second-order valence-electron chi connectivity index (χ2n) is 7.25. The van der Waals surface area contributed by atoms with Gasteiger partial charge in [-0.2, -0.15) is 0 Å². The van der Waals surface area contributed by atoms with Crippen molar-refractivity contribution in [3.63, 3.8) is 0 Å². The van der Waals surface area contributed by atoms with Crippen molar-refractivity contribution >= 4 is 35.8 Å². The zero-order chi connectivity index (χ0) is 20.4. The van der Waals surface area contributed by atoms with Crippen molar-refractivity contribution < 1.29 is 19.1 Å². The highest BCUT2D eigenvalue weighted by Crippen LogP contribution is 2.29. The van der Waals surface area contributed by atoms with E-state index in [1.54, 1.807) is 24.3 Å². The number of ether oxygens (including phenoxy) is 1. The van der Waals surface area contributed by atoms with Crippen molar-refractivity contribution in [2.45, 2.75) is 6.92 Å². The molecule has 8 heteroatoms. The summed E-state index contributed by atoms with van der Waals surface area (Å²) in [6.45, 7) is 6.32. The van der Waals surface area contributed by atoms with Gasteiger partial charge in [0.1, 0.15) is 0 Å². The fourth-order valence-corrected chi connectivity index (χ4v) is 3.64. The molecule has 7 nitrogen and oxygen atoms in total. The first-order chi connectivity index (χ1) is 14.0. The van der Waals surface area contributed by atoms with Crippen LogP contribution in [-0.4, -0.2) is 62.0 Å². The SMILES string of the molecule is Cc1cccc(N2C(=O)c3ccc(C(=O)NCCN4CCOCC4)cc3C2=O)c1.Cl. The Morgan fingerprint density at radius 2 is 1.77 bits per heavy atom. The van der Waals surface area contributed by atoms with Gasteiger partial charge in [0.25, 0.3) is 17.7 Å². The van der Waals surface area contributed by atoms with Crippen molar-refractivity contribution in [1.29, 1.82) is 0 Å².